The molecule has 0 bridgehead atoms. The predicted molar refractivity (Wildman–Crippen MR) is 81.6 cm³/mol. The molecule has 0 aliphatic heterocycles. The third-order valence-electron chi connectivity index (χ3n) is 1.99. The Kier molecular flexibility index (Phi) is 4.98. The van der Waals surface area contributed by atoms with Crippen molar-refractivity contribution in [2.75, 3.05) is 16.8 Å². The molecule has 6 heteroatoms. The maximum atomic E-state index is 11.6. The highest BCUT2D eigenvalue weighted by Crippen LogP contribution is 2.28. The van der Waals surface area contributed by atoms with E-state index in [1.54, 1.807) is 17.4 Å². The maximum Gasteiger partial charge on any atom is 0.236 e. The monoisotopic (exact) mass is 296 g/mol. The molecule has 2 aromatic heterocycles. The van der Waals surface area contributed by atoms with Gasteiger partial charge >= 0.3 is 0 Å². The molecule has 3 nitrogen and oxygen atoms in total. The normalized spacial score (nSPS) is 10.2. The van der Waals surface area contributed by atoms with Crippen LogP contribution >= 0.6 is 34.4 Å². The summed E-state index contributed by atoms with van der Waals surface area (Å²) in [6.07, 6.45) is 1.79. The summed E-state index contributed by atoms with van der Waals surface area (Å²) in [4.78, 5) is 17.1. The minimum atomic E-state index is -0.0195. The van der Waals surface area contributed by atoms with Crippen LogP contribution in [-0.4, -0.2) is 22.4 Å². The third kappa shape index (κ3) is 3.69. The van der Waals surface area contributed by atoms with Crippen molar-refractivity contribution < 1.29 is 4.79 Å². The number of aromatic nitrogens is 1. The fraction of sp³-hybridized carbons (Fsp3) is 0.167. The highest BCUT2D eigenvalue weighted by molar-refractivity contribution is 8.00. The maximum absolute atomic E-state index is 11.6. The van der Waals surface area contributed by atoms with Gasteiger partial charge in [0.15, 0.2) is 5.13 Å². The summed E-state index contributed by atoms with van der Waals surface area (Å²) in [7, 11) is 0. The van der Waals surface area contributed by atoms with Crippen LogP contribution < -0.4 is 5.32 Å². The molecule has 0 radical (unpaired) electrons. The molecular formula is C12H12N2OS3. The second-order valence-electron chi connectivity index (χ2n) is 3.37. The number of carbonyl (C=O) groups excluding carboxylic acids is 1. The lowest BCUT2D eigenvalue weighted by Crippen LogP contribution is -2.13. The molecule has 0 aliphatic rings. The van der Waals surface area contributed by atoms with Crippen molar-refractivity contribution in [2.24, 2.45) is 0 Å². The number of thiazole rings is 1. The van der Waals surface area contributed by atoms with E-state index in [2.05, 4.69) is 16.9 Å². The summed E-state index contributed by atoms with van der Waals surface area (Å²) < 4.78 is 0. The zero-order chi connectivity index (χ0) is 12.8. The fourth-order valence-corrected chi connectivity index (χ4v) is 3.29. The van der Waals surface area contributed by atoms with Gasteiger partial charge in [0.25, 0.3) is 0 Å². The lowest BCUT2D eigenvalue weighted by Gasteiger charge is -1.99. The van der Waals surface area contributed by atoms with Crippen molar-refractivity contribution in [3.63, 3.8) is 0 Å². The van der Waals surface area contributed by atoms with E-state index in [4.69, 9.17) is 0 Å². The van der Waals surface area contributed by atoms with E-state index in [0.29, 0.717) is 10.9 Å². The number of anilines is 1. The lowest BCUT2D eigenvalue weighted by molar-refractivity contribution is -0.113. The van der Waals surface area contributed by atoms with Crippen molar-refractivity contribution in [3.05, 3.63) is 35.5 Å². The summed E-state index contributed by atoms with van der Waals surface area (Å²) in [5.74, 6) is 1.19. The van der Waals surface area contributed by atoms with Gasteiger partial charge in [-0.3, -0.25) is 4.79 Å². The molecule has 0 saturated heterocycles. The molecule has 2 aromatic rings. The van der Waals surface area contributed by atoms with E-state index in [0.717, 1.165) is 16.3 Å². The third-order valence-corrected chi connectivity index (χ3v) is 4.58. The van der Waals surface area contributed by atoms with Gasteiger partial charge in [0.2, 0.25) is 5.91 Å². The van der Waals surface area contributed by atoms with Crippen molar-refractivity contribution in [2.45, 2.75) is 0 Å². The quantitative estimate of drug-likeness (QED) is 0.652. The van der Waals surface area contributed by atoms with Gasteiger partial charge in [-0.1, -0.05) is 12.1 Å². The number of nitrogens with one attached hydrogen (secondary N) is 1. The molecule has 18 heavy (non-hydrogen) atoms. The topological polar surface area (TPSA) is 42.0 Å². The Morgan fingerprint density at radius 1 is 1.56 bits per heavy atom. The number of hydrogen-bond acceptors (Lipinski definition) is 5. The fourth-order valence-electron chi connectivity index (χ4n) is 1.26. The first-order valence-electron chi connectivity index (χ1n) is 5.27. The number of thioether (sulfide) groups is 1. The average Bonchev–Trinajstić information content (AvgIpc) is 2.98. The number of hydrogen-bond donors (Lipinski definition) is 1. The standard InChI is InChI=1S/C12H12N2OS3/c1-2-5-16-8-11(15)14-12-13-9(7-18-12)10-4-3-6-17-10/h2-4,6-7H,1,5,8H2,(H,13,14,15). The largest absolute Gasteiger partial charge is 0.301 e. The zero-order valence-electron chi connectivity index (χ0n) is 9.59. The van der Waals surface area contributed by atoms with Crippen LogP contribution in [0.15, 0.2) is 35.5 Å². The van der Waals surface area contributed by atoms with Gasteiger partial charge in [-0.25, -0.2) is 4.98 Å². The van der Waals surface area contributed by atoms with Crippen LogP contribution in [0.25, 0.3) is 10.6 Å². The Morgan fingerprint density at radius 2 is 2.44 bits per heavy atom. The SMILES string of the molecule is C=CCSCC(=O)Nc1nc(-c2cccs2)cs1. The number of thiophene rings is 1. The van der Waals surface area contributed by atoms with Gasteiger partial charge in [0.05, 0.1) is 16.3 Å². The number of carbonyl (C=O) groups is 1. The Bertz CT molecular complexity index is 519. The molecule has 0 saturated carbocycles. The average molecular weight is 296 g/mol. The van der Waals surface area contributed by atoms with Crippen LogP contribution in [-0.2, 0) is 4.79 Å². The van der Waals surface area contributed by atoms with Crippen molar-refractivity contribution in [3.8, 4) is 10.6 Å². The second-order valence-corrected chi connectivity index (χ2v) is 6.20. The molecule has 1 amide bonds. The molecule has 1 N–H and O–H groups in total. The summed E-state index contributed by atoms with van der Waals surface area (Å²) in [5.41, 5.74) is 0.920. The number of rotatable bonds is 6. The van der Waals surface area contributed by atoms with Crippen LogP contribution in [0.2, 0.25) is 0 Å². The smallest absolute Gasteiger partial charge is 0.236 e. The highest BCUT2D eigenvalue weighted by Gasteiger charge is 2.08. The van der Waals surface area contributed by atoms with E-state index < -0.39 is 0 Å². The first-order valence-corrected chi connectivity index (χ1v) is 8.19. The second kappa shape index (κ2) is 6.72. The minimum Gasteiger partial charge on any atom is -0.301 e. The molecule has 0 atom stereocenters. The Balaban J connectivity index is 1.90. The Hall–Kier alpha value is -1.11. The summed E-state index contributed by atoms with van der Waals surface area (Å²) >= 11 is 4.62. The van der Waals surface area contributed by atoms with E-state index in [-0.39, 0.29) is 5.91 Å². The van der Waals surface area contributed by atoms with Gasteiger partial charge in [-0.05, 0) is 11.4 Å². The minimum absolute atomic E-state index is 0.0195. The van der Waals surface area contributed by atoms with Gasteiger partial charge < -0.3 is 5.32 Å². The van der Waals surface area contributed by atoms with E-state index in [1.165, 1.54) is 23.1 Å². The zero-order valence-corrected chi connectivity index (χ0v) is 12.0. The Labute approximate surface area is 118 Å². The predicted octanol–water partition coefficient (Wildman–Crippen LogP) is 3.73. The van der Waals surface area contributed by atoms with Crippen LogP contribution in [0, 0.1) is 0 Å². The molecule has 0 aliphatic carbocycles. The first kappa shape index (κ1) is 13.3. The summed E-state index contributed by atoms with van der Waals surface area (Å²) in [5, 5.41) is 7.43. The first-order chi connectivity index (χ1) is 8.79. The van der Waals surface area contributed by atoms with Crippen molar-refractivity contribution in [1.82, 2.24) is 4.98 Å². The van der Waals surface area contributed by atoms with Crippen molar-refractivity contribution in [1.29, 1.82) is 0 Å². The molecule has 94 valence electrons. The molecule has 2 heterocycles. The number of amides is 1. The number of nitrogens with zero attached hydrogens (tertiary/aromatic N) is 1. The molecule has 0 spiro atoms. The highest BCUT2D eigenvalue weighted by atomic mass is 32.2. The summed E-state index contributed by atoms with van der Waals surface area (Å²) in [6, 6.07) is 4.01. The van der Waals surface area contributed by atoms with Gasteiger partial charge in [0, 0.05) is 11.1 Å². The molecular weight excluding hydrogens is 284 g/mol. The van der Waals surface area contributed by atoms with Crippen LogP contribution in [0.3, 0.4) is 0 Å². The molecule has 0 aromatic carbocycles. The van der Waals surface area contributed by atoms with Gasteiger partial charge in [-0.2, -0.15) is 0 Å². The van der Waals surface area contributed by atoms with Crippen molar-refractivity contribution >= 4 is 45.5 Å². The van der Waals surface area contributed by atoms with E-state index in [9.17, 15) is 4.79 Å². The van der Waals surface area contributed by atoms with Gasteiger partial charge in [0.1, 0.15) is 0 Å². The molecule has 2 rings (SSSR count). The Morgan fingerprint density at radius 3 is 3.17 bits per heavy atom. The van der Waals surface area contributed by atoms with E-state index >= 15 is 0 Å². The molecule has 0 fully saturated rings. The van der Waals surface area contributed by atoms with Gasteiger partial charge in [-0.15, -0.1) is 41.0 Å². The summed E-state index contributed by atoms with van der Waals surface area (Å²) in [6.45, 7) is 3.61. The van der Waals surface area contributed by atoms with E-state index in [1.807, 2.05) is 22.9 Å². The molecule has 0 unspecified atom stereocenters. The van der Waals surface area contributed by atoms with Crippen LogP contribution in [0.4, 0.5) is 5.13 Å². The van der Waals surface area contributed by atoms with Crippen LogP contribution in [0.5, 0.6) is 0 Å². The van der Waals surface area contributed by atoms with Crippen LogP contribution in [0.1, 0.15) is 0 Å². The lowest BCUT2D eigenvalue weighted by atomic mass is 10.4.